The van der Waals surface area contributed by atoms with Crippen LogP contribution in [-0.2, 0) is 23.1 Å². The Morgan fingerprint density at radius 3 is 2.52 bits per heavy atom. The summed E-state index contributed by atoms with van der Waals surface area (Å²) in [6, 6.07) is 16.0. The van der Waals surface area contributed by atoms with Crippen molar-refractivity contribution in [3.63, 3.8) is 0 Å². The Morgan fingerprint density at radius 2 is 1.81 bits per heavy atom. The van der Waals surface area contributed by atoms with Crippen LogP contribution in [0.4, 0.5) is 0 Å². The summed E-state index contributed by atoms with van der Waals surface area (Å²) < 4.78 is 28.6. The number of ketones is 1. The first kappa shape index (κ1) is 19.0. The summed E-state index contributed by atoms with van der Waals surface area (Å²) in [4.78, 5) is 11.6. The van der Waals surface area contributed by atoms with Crippen LogP contribution in [0.25, 0.3) is 0 Å². The van der Waals surface area contributed by atoms with Crippen molar-refractivity contribution < 1.29 is 13.2 Å². The van der Waals surface area contributed by atoms with Crippen LogP contribution in [0.3, 0.4) is 0 Å². The van der Waals surface area contributed by atoms with Crippen LogP contribution in [0.2, 0.25) is 0 Å². The maximum atomic E-state index is 12.8. The van der Waals surface area contributed by atoms with Gasteiger partial charge in [-0.25, -0.2) is 8.42 Å². The van der Waals surface area contributed by atoms with Crippen molar-refractivity contribution in [2.75, 3.05) is 7.05 Å². The van der Waals surface area contributed by atoms with Gasteiger partial charge in [-0.05, 0) is 24.6 Å². The summed E-state index contributed by atoms with van der Waals surface area (Å²) >= 11 is 0. The molecule has 0 saturated carbocycles. The third-order valence-corrected chi connectivity index (χ3v) is 6.03. The molecule has 0 atom stereocenters. The van der Waals surface area contributed by atoms with Crippen molar-refractivity contribution >= 4 is 15.8 Å². The van der Waals surface area contributed by atoms with Gasteiger partial charge in [0.1, 0.15) is 0 Å². The molecule has 0 amide bonds. The van der Waals surface area contributed by atoms with Gasteiger partial charge in [-0.3, -0.25) is 9.48 Å². The zero-order valence-electron chi connectivity index (χ0n) is 15.2. The first-order valence-corrected chi connectivity index (χ1v) is 9.93. The Balaban J connectivity index is 1.74. The predicted molar refractivity (Wildman–Crippen MR) is 103 cm³/mol. The molecule has 1 aromatic heterocycles. The topological polar surface area (TPSA) is 72.3 Å². The smallest absolute Gasteiger partial charge is 0.243 e. The van der Waals surface area contributed by atoms with Crippen LogP contribution < -0.4 is 0 Å². The molecule has 0 spiro atoms. The molecule has 0 radical (unpaired) electrons. The standard InChI is InChI=1S/C20H21N3O3S/c1-16(24)19-9-6-10-20(11-19)27(25,26)22(2)13-18-12-21-23(15-18)14-17-7-4-3-5-8-17/h3-12,15H,13-14H2,1-2H3. The van der Waals surface area contributed by atoms with Crippen molar-refractivity contribution in [2.45, 2.75) is 24.9 Å². The molecule has 2 aromatic carbocycles. The molecule has 0 N–H and O–H groups in total. The van der Waals surface area contributed by atoms with Crippen LogP contribution in [0, 0.1) is 0 Å². The van der Waals surface area contributed by atoms with E-state index in [9.17, 15) is 13.2 Å². The van der Waals surface area contributed by atoms with Gasteiger partial charge < -0.3 is 0 Å². The summed E-state index contributed by atoms with van der Waals surface area (Å²) in [6.07, 6.45) is 3.51. The van der Waals surface area contributed by atoms with E-state index >= 15 is 0 Å². The van der Waals surface area contributed by atoms with E-state index in [1.807, 2.05) is 36.5 Å². The van der Waals surface area contributed by atoms with Gasteiger partial charge in [-0.15, -0.1) is 0 Å². The molecule has 0 bridgehead atoms. The number of benzene rings is 2. The SMILES string of the molecule is CC(=O)c1cccc(S(=O)(=O)N(C)Cc2cnn(Cc3ccccc3)c2)c1. The number of hydrogen-bond acceptors (Lipinski definition) is 4. The quantitative estimate of drug-likeness (QED) is 0.588. The largest absolute Gasteiger partial charge is 0.295 e. The third-order valence-electron chi connectivity index (χ3n) is 4.23. The Kier molecular flexibility index (Phi) is 5.53. The lowest BCUT2D eigenvalue weighted by atomic mass is 10.2. The fourth-order valence-electron chi connectivity index (χ4n) is 2.74. The van der Waals surface area contributed by atoms with Gasteiger partial charge in [0.15, 0.2) is 5.78 Å². The summed E-state index contributed by atoms with van der Waals surface area (Å²) in [7, 11) is -2.18. The van der Waals surface area contributed by atoms with Crippen LogP contribution in [-0.4, -0.2) is 35.3 Å². The van der Waals surface area contributed by atoms with Gasteiger partial charge in [-0.2, -0.15) is 9.40 Å². The van der Waals surface area contributed by atoms with Crippen LogP contribution in [0.1, 0.15) is 28.4 Å². The lowest BCUT2D eigenvalue weighted by molar-refractivity contribution is 0.101. The number of sulfonamides is 1. The molecule has 0 aliphatic heterocycles. The van der Waals surface area contributed by atoms with E-state index in [1.165, 1.54) is 30.4 Å². The second-order valence-corrected chi connectivity index (χ2v) is 8.42. The summed E-state index contributed by atoms with van der Waals surface area (Å²) in [5.74, 6) is -0.170. The summed E-state index contributed by atoms with van der Waals surface area (Å²) in [5, 5.41) is 4.31. The van der Waals surface area contributed by atoms with Crippen molar-refractivity contribution in [1.82, 2.24) is 14.1 Å². The van der Waals surface area contributed by atoms with E-state index < -0.39 is 10.0 Å². The number of aromatic nitrogens is 2. The number of hydrogen-bond donors (Lipinski definition) is 0. The van der Waals surface area contributed by atoms with Gasteiger partial charge >= 0.3 is 0 Å². The van der Waals surface area contributed by atoms with E-state index in [0.29, 0.717) is 12.1 Å². The molecule has 3 aromatic rings. The number of rotatable bonds is 7. The third kappa shape index (κ3) is 4.50. The fourth-order valence-corrected chi connectivity index (χ4v) is 3.95. The Morgan fingerprint density at radius 1 is 1.07 bits per heavy atom. The normalized spacial score (nSPS) is 11.7. The average molecular weight is 383 g/mol. The molecule has 7 heteroatoms. The molecule has 0 aliphatic rings. The van der Waals surface area contributed by atoms with Gasteiger partial charge in [-0.1, -0.05) is 42.5 Å². The average Bonchev–Trinajstić information content (AvgIpc) is 3.09. The number of carbonyl (C=O) groups excluding carboxylic acids is 1. The monoisotopic (exact) mass is 383 g/mol. The number of carbonyl (C=O) groups is 1. The zero-order chi connectivity index (χ0) is 19.4. The summed E-state index contributed by atoms with van der Waals surface area (Å²) in [5.41, 5.74) is 2.29. The Bertz CT molecular complexity index is 1040. The lowest BCUT2D eigenvalue weighted by Gasteiger charge is -2.16. The highest BCUT2D eigenvalue weighted by Crippen LogP contribution is 2.18. The van der Waals surface area contributed by atoms with E-state index in [2.05, 4.69) is 5.10 Å². The van der Waals surface area contributed by atoms with Gasteiger partial charge in [0.05, 0.1) is 17.6 Å². The van der Waals surface area contributed by atoms with Crippen LogP contribution in [0.5, 0.6) is 0 Å². The van der Waals surface area contributed by atoms with E-state index in [0.717, 1.165) is 11.1 Å². The molecule has 27 heavy (non-hydrogen) atoms. The first-order valence-electron chi connectivity index (χ1n) is 8.49. The van der Waals surface area contributed by atoms with Crippen molar-refractivity contribution in [1.29, 1.82) is 0 Å². The molecular weight excluding hydrogens is 362 g/mol. The van der Waals surface area contributed by atoms with E-state index in [-0.39, 0.29) is 17.2 Å². The highest BCUT2D eigenvalue weighted by atomic mass is 32.2. The molecule has 6 nitrogen and oxygen atoms in total. The molecule has 0 fully saturated rings. The van der Waals surface area contributed by atoms with E-state index in [1.54, 1.807) is 23.0 Å². The maximum Gasteiger partial charge on any atom is 0.243 e. The Labute approximate surface area is 159 Å². The minimum atomic E-state index is -3.70. The van der Waals surface area contributed by atoms with Gasteiger partial charge in [0.2, 0.25) is 10.0 Å². The summed E-state index contributed by atoms with van der Waals surface area (Å²) in [6.45, 7) is 2.23. The van der Waals surface area contributed by atoms with Crippen molar-refractivity contribution in [2.24, 2.45) is 0 Å². The highest BCUT2D eigenvalue weighted by molar-refractivity contribution is 7.89. The second-order valence-electron chi connectivity index (χ2n) is 6.38. The van der Waals surface area contributed by atoms with Gasteiger partial charge in [0, 0.05) is 30.9 Å². The van der Waals surface area contributed by atoms with Crippen LogP contribution >= 0.6 is 0 Å². The molecule has 1 heterocycles. The highest BCUT2D eigenvalue weighted by Gasteiger charge is 2.22. The van der Waals surface area contributed by atoms with Crippen molar-refractivity contribution in [3.8, 4) is 0 Å². The fraction of sp³-hybridized carbons (Fsp3) is 0.200. The molecule has 0 saturated heterocycles. The molecule has 0 unspecified atom stereocenters. The molecule has 0 aliphatic carbocycles. The Hall–Kier alpha value is -2.77. The minimum absolute atomic E-state index is 0.106. The maximum absolute atomic E-state index is 12.8. The molecular formula is C20H21N3O3S. The lowest BCUT2D eigenvalue weighted by Crippen LogP contribution is -2.26. The second kappa shape index (κ2) is 7.85. The number of nitrogens with zero attached hydrogens (tertiary/aromatic N) is 3. The molecule has 3 rings (SSSR count). The molecule has 140 valence electrons. The predicted octanol–water partition coefficient (Wildman–Crippen LogP) is 2.95. The first-order chi connectivity index (χ1) is 12.9. The van der Waals surface area contributed by atoms with Crippen LogP contribution in [0.15, 0.2) is 71.9 Å². The van der Waals surface area contributed by atoms with E-state index in [4.69, 9.17) is 0 Å². The zero-order valence-corrected chi connectivity index (χ0v) is 16.1. The minimum Gasteiger partial charge on any atom is -0.295 e. The number of Topliss-reactive ketones (excluding diaryl/α,β-unsaturated/α-hetero) is 1. The van der Waals surface area contributed by atoms with Gasteiger partial charge in [0.25, 0.3) is 0 Å². The van der Waals surface area contributed by atoms with Crippen molar-refractivity contribution in [3.05, 3.63) is 83.7 Å².